The van der Waals surface area contributed by atoms with E-state index in [1.165, 1.54) is 44.2 Å². The summed E-state index contributed by atoms with van der Waals surface area (Å²) in [5.41, 5.74) is 0. The molecule has 0 saturated heterocycles. The van der Waals surface area contributed by atoms with E-state index in [9.17, 15) is 17.8 Å². The van der Waals surface area contributed by atoms with Gasteiger partial charge in [0, 0.05) is 6.42 Å². The standard InChI is InChI=1S/C17H26O5S.Na/c1-2-3-4-5-6-7-8-9-10-17(18)22-15-11-13-16(14-12-15)23(19,20)21;/h11-14H,2-10H2,1H3,(H,19,20,21);/q;+1/p-1. The Hall–Kier alpha value is -0.400. The topological polar surface area (TPSA) is 83.5 Å². The molecule has 1 aromatic carbocycles. The van der Waals surface area contributed by atoms with Crippen LogP contribution >= 0.6 is 0 Å². The van der Waals surface area contributed by atoms with E-state index in [-0.39, 0.29) is 46.2 Å². The van der Waals surface area contributed by atoms with Crippen molar-refractivity contribution >= 4 is 16.1 Å². The molecule has 0 aliphatic rings. The summed E-state index contributed by atoms with van der Waals surface area (Å²) in [6.45, 7) is 2.19. The molecule has 1 rings (SSSR count). The molecule has 0 fully saturated rings. The third-order valence-electron chi connectivity index (χ3n) is 3.58. The van der Waals surface area contributed by atoms with Crippen LogP contribution in [0.4, 0.5) is 0 Å². The summed E-state index contributed by atoms with van der Waals surface area (Å²) in [5, 5.41) is 0. The summed E-state index contributed by atoms with van der Waals surface area (Å²) in [6, 6.07) is 4.91. The zero-order chi connectivity index (χ0) is 17.1. The Morgan fingerprint density at radius 2 is 1.46 bits per heavy atom. The molecule has 0 atom stereocenters. The number of hydrogen-bond acceptors (Lipinski definition) is 5. The number of carbonyl (C=O) groups is 1. The van der Waals surface area contributed by atoms with Crippen molar-refractivity contribution in [2.24, 2.45) is 0 Å². The van der Waals surface area contributed by atoms with Crippen molar-refractivity contribution in [2.45, 2.75) is 69.6 Å². The monoisotopic (exact) mass is 364 g/mol. The van der Waals surface area contributed by atoms with E-state index in [0.717, 1.165) is 31.4 Å². The zero-order valence-electron chi connectivity index (χ0n) is 14.6. The number of hydrogen-bond donors (Lipinski definition) is 0. The predicted octanol–water partition coefficient (Wildman–Crippen LogP) is 1.03. The van der Waals surface area contributed by atoms with Crippen molar-refractivity contribution in [3.8, 4) is 5.75 Å². The summed E-state index contributed by atoms with van der Waals surface area (Å²) in [6.07, 6.45) is 9.56. The van der Waals surface area contributed by atoms with Crippen molar-refractivity contribution in [1.82, 2.24) is 0 Å². The summed E-state index contributed by atoms with van der Waals surface area (Å²) in [7, 11) is -4.47. The molecular weight excluding hydrogens is 339 g/mol. The van der Waals surface area contributed by atoms with Crippen LogP contribution in [0.15, 0.2) is 29.2 Å². The summed E-state index contributed by atoms with van der Waals surface area (Å²) < 4.78 is 37.5. The first-order valence-corrected chi connectivity index (χ1v) is 9.61. The number of unbranched alkanes of at least 4 members (excludes halogenated alkanes) is 7. The fraction of sp³-hybridized carbons (Fsp3) is 0.588. The van der Waals surface area contributed by atoms with Crippen LogP contribution in [-0.2, 0) is 14.9 Å². The first kappa shape index (κ1) is 23.6. The van der Waals surface area contributed by atoms with Crippen LogP contribution in [0.25, 0.3) is 0 Å². The molecule has 0 heterocycles. The molecule has 0 bridgehead atoms. The van der Waals surface area contributed by atoms with Gasteiger partial charge in [-0.15, -0.1) is 0 Å². The van der Waals surface area contributed by atoms with Crippen molar-refractivity contribution in [3.63, 3.8) is 0 Å². The first-order valence-electron chi connectivity index (χ1n) is 8.20. The van der Waals surface area contributed by atoms with Crippen LogP contribution in [0.2, 0.25) is 0 Å². The van der Waals surface area contributed by atoms with Gasteiger partial charge < -0.3 is 9.29 Å². The van der Waals surface area contributed by atoms with E-state index in [4.69, 9.17) is 4.74 Å². The average molecular weight is 364 g/mol. The maximum absolute atomic E-state index is 11.7. The third kappa shape index (κ3) is 10.5. The Labute approximate surface area is 167 Å². The maximum Gasteiger partial charge on any atom is 1.00 e. The zero-order valence-corrected chi connectivity index (χ0v) is 17.4. The van der Waals surface area contributed by atoms with E-state index < -0.39 is 10.1 Å². The molecule has 0 amide bonds. The van der Waals surface area contributed by atoms with Gasteiger partial charge in [-0.25, -0.2) is 8.42 Å². The Bertz CT molecular complexity index is 569. The molecule has 5 nitrogen and oxygen atoms in total. The van der Waals surface area contributed by atoms with Crippen LogP contribution in [0, 0.1) is 0 Å². The average Bonchev–Trinajstić information content (AvgIpc) is 2.49. The molecule has 0 aromatic heterocycles. The summed E-state index contributed by atoms with van der Waals surface area (Å²) in [4.78, 5) is 11.3. The van der Waals surface area contributed by atoms with Gasteiger partial charge in [-0.05, 0) is 30.7 Å². The molecule has 130 valence electrons. The molecule has 0 saturated carbocycles. The maximum atomic E-state index is 11.7. The van der Waals surface area contributed by atoms with Gasteiger partial charge in [-0.2, -0.15) is 0 Å². The van der Waals surface area contributed by atoms with Crippen LogP contribution < -0.4 is 34.3 Å². The fourth-order valence-corrected chi connectivity index (χ4v) is 2.73. The minimum atomic E-state index is -4.47. The van der Waals surface area contributed by atoms with E-state index >= 15 is 0 Å². The van der Waals surface area contributed by atoms with Crippen LogP contribution in [0.5, 0.6) is 5.75 Å². The van der Waals surface area contributed by atoms with E-state index in [2.05, 4.69) is 6.92 Å². The first-order chi connectivity index (χ1) is 10.9. The molecule has 7 heteroatoms. The quantitative estimate of drug-likeness (QED) is 0.193. The van der Waals surface area contributed by atoms with Gasteiger partial charge in [0.15, 0.2) is 0 Å². The second kappa shape index (κ2) is 12.9. The normalized spacial score (nSPS) is 10.9. The number of benzene rings is 1. The molecule has 24 heavy (non-hydrogen) atoms. The van der Waals surface area contributed by atoms with Gasteiger partial charge >= 0.3 is 35.5 Å². The van der Waals surface area contributed by atoms with Gasteiger partial charge in [0.05, 0.1) is 4.90 Å². The Balaban J connectivity index is 0.00000529. The number of carbonyl (C=O) groups excluding carboxylic acids is 1. The van der Waals surface area contributed by atoms with Crippen molar-refractivity contribution < 1.29 is 52.1 Å². The third-order valence-corrected chi connectivity index (χ3v) is 4.43. The fourth-order valence-electron chi connectivity index (χ4n) is 2.26. The Morgan fingerprint density at radius 3 is 1.96 bits per heavy atom. The number of rotatable bonds is 11. The second-order valence-corrected chi connectivity index (χ2v) is 7.00. The summed E-state index contributed by atoms with van der Waals surface area (Å²) >= 11 is 0. The molecule has 0 aliphatic heterocycles. The van der Waals surface area contributed by atoms with Crippen LogP contribution in [-0.4, -0.2) is 18.9 Å². The molecule has 0 radical (unpaired) electrons. The molecule has 0 aliphatic carbocycles. The molecule has 0 unspecified atom stereocenters. The van der Waals surface area contributed by atoms with Gasteiger partial charge in [0.2, 0.25) is 0 Å². The number of esters is 1. The summed E-state index contributed by atoms with van der Waals surface area (Å²) in [5.74, 6) is -0.0873. The van der Waals surface area contributed by atoms with Gasteiger partial charge in [0.1, 0.15) is 15.9 Å². The minimum Gasteiger partial charge on any atom is -0.744 e. The largest absolute Gasteiger partial charge is 1.00 e. The SMILES string of the molecule is CCCCCCCCCCC(=O)Oc1ccc(S(=O)(=O)[O-])cc1.[Na+]. The van der Waals surface area contributed by atoms with Crippen molar-refractivity contribution in [1.29, 1.82) is 0 Å². The van der Waals surface area contributed by atoms with Crippen molar-refractivity contribution in [3.05, 3.63) is 24.3 Å². The molecule has 0 spiro atoms. The minimum absolute atomic E-state index is 0. The van der Waals surface area contributed by atoms with Gasteiger partial charge in [-0.1, -0.05) is 51.9 Å². The molecular formula is C17H25NaO5S. The Morgan fingerprint density at radius 1 is 0.958 bits per heavy atom. The van der Waals surface area contributed by atoms with E-state index in [1.54, 1.807) is 0 Å². The van der Waals surface area contributed by atoms with Crippen molar-refractivity contribution in [2.75, 3.05) is 0 Å². The van der Waals surface area contributed by atoms with E-state index in [1.807, 2.05) is 0 Å². The smallest absolute Gasteiger partial charge is 0.744 e. The van der Waals surface area contributed by atoms with Crippen LogP contribution in [0.1, 0.15) is 64.7 Å². The molecule has 1 aromatic rings. The second-order valence-electron chi connectivity index (χ2n) is 5.62. The van der Waals surface area contributed by atoms with Gasteiger partial charge in [0.25, 0.3) is 0 Å². The Kier molecular flexibility index (Phi) is 12.7. The van der Waals surface area contributed by atoms with Gasteiger partial charge in [-0.3, -0.25) is 4.79 Å². The number of ether oxygens (including phenoxy) is 1. The van der Waals surface area contributed by atoms with E-state index in [0.29, 0.717) is 6.42 Å². The predicted molar refractivity (Wildman–Crippen MR) is 87.3 cm³/mol. The molecule has 0 N–H and O–H groups in total. The van der Waals surface area contributed by atoms with Crippen LogP contribution in [0.3, 0.4) is 0 Å².